The Bertz CT molecular complexity index is 11.6. The molecular formula is H2F3ISb+. The van der Waals surface area contributed by atoms with Crippen molar-refractivity contribution in [2.24, 2.45) is 0 Å². The van der Waals surface area contributed by atoms with Crippen molar-refractivity contribution in [3.63, 3.8) is 0 Å². The first-order chi connectivity index (χ1) is 1.73. The Kier molecular flexibility index (Phi) is 10.2. The zero-order chi connectivity index (χ0) is 3.58. The average Bonchev–Trinajstić information content (AvgIpc) is 0.811. The van der Waals surface area contributed by atoms with Gasteiger partial charge in [0.2, 0.25) is 24.0 Å². The minimum atomic E-state index is -4.95. The van der Waals surface area contributed by atoms with Gasteiger partial charge in [-0.25, -0.2) is 0 Å². The van der Waals surface area contributed by atoms with E-state index < -0.39 is 22.0 Å². The summed E-state index contributed by atoms with van der Waals surface area (Å²) in [5, 5.41) is 0. The molecule has 0 radical (unpaired) electrons. The summed E-state index contributed by atoms with van der Waals surface area (Å²) in [5.41, 5.74) is 0. The maximum Gasteiger partial charge on any atom is 0.235 e. The van der Waals surface area contributed by atoms with Crippen molar-refractivity contribution in [1.29, 1.82) is 0 Å². The third kappa shape index (κ3) is 33.2. The summed E-state index contributed by atoms with van der Waals surface area (Å²) in [6, 6.07) is 0. The molecule has 0 unspecified atom stereocenters. The van der Waals surface area contributed by atoms with Crippen LogP contribution >= 0.6 is 0 Å². The van der Waals surface area contributed by atoms with Crippen LogP contribution in [0.15, 0.2) is 0 Å². The van der Waals surface area contributed by atoms with Crippen LogP contribution in [0.2, 0.25) is 0 Å². The fourth-order valence-electron chi connectivity index (χ4n) is 0. The minimum Gasteiger partial charge on any atom is 0.235 e. The van der Waals surface area contributed by atoms with E-state index in [1.165, 1.54) is 0 Å². The number of rotatable bonds is 0. The SMILES string of the molecule is [F][Sb]([F])[F].[IH2+]. The van der Waals surface area contributed by atoms with Crippen molar-refractivity contribution < 1.29 is 32.4 Å². The maximum absolute atomic E-state index is 9.85. The average molecular weight is 308 g/mol. The molecule has 0 bridgehead atoms. The van der Waals surface area contributed by atoms with Crippen molar-refractivity contribution in [3.05, 3.63) is 0 Å². The molecule has 0 saturated carbocycles. The molecule has 0 atom stereocenters. The van der Waals surface area contributed by atoms with Gasteiger partial charge in [0.05, 0.1) is 0 Å². The molecule has 0 aromatic heterocycles. The first-order valence-corrected chi connectivity index (χ1v) is 3.40. The predicted octanol–water partition coefficient (Wildman–Crippen LogP) is -2.65. The smallest absolute Gasteiger partial charge is 0.235 e. The fraction of sp³-hybridized carbons (Fsp3) is 0. The van der Waals surface area contributed by atoms with Gasteiger partial charge in [0.15, 0.2) is 0 Å². The van der Waals surface area contributed by atoms with E-state index in [0.29, 0.717) is 0 Å². The van der Waals surface area contributed by atoms with Crippen molar-refractivity contribution in [1.82, 2.24) is 0 Å². The van der Waals surface area contributed by atoms with E-state index in [0.717, 1.165) is 0 Å². The molecule has 0 heterocycles. The van der Waals surface area contributed by atoms with E-state index in [9.17, 15) is 8.44 Å². The van der Waals surface area contributed by atoms with Crippen LogP contribution < -0.4 is 24.0 Å². The second-order valence-electron chi connectivity index (χ2n) is 0.192. The molecule has 0 aromatic carbocycles. The van der Waals surface area contributed by atoms with Crippen LogP contribution in [0.25, 0.3) is 0 Å². The molecule has 0 amide bonds. The van der Waals surface area contributed by atoms with Gasteiger partial charge in [-0.2, -0.15) is 0 Å². The molecular weight excluding hydrogens is 306 g/mol. The second-order valence-corrected chi connectivity index (χ2v) is 1.29. The Hall–Kier alpha value is 1.34. The molecule has 0 spiro atoms. The van der Waals surface area contributed by atoms with Crippen LogP contribution in [-0.2, 0) is 0 Å². The van der Waals surface area contributed by atoms with Gasteiger partial charge in [-0.1, -0.05) is 0 Å². The summed E-state index contributed by atoms with van der Waals surface area (Å²) in [7, 11) is 0. The molecule has 0 nitrogen and oxygen atoms in total. The van der Waals surface area contributed by atoms with E-state index in [2.05, 4.69) is 0 Å². The molecule has 0 aliphatic heterocycles. The molecule has 0 rings (SSSR count). The summed E-state index contributed by atoms with van der Waals surface area (Å²) in [4.78, 5) is 0. The van der Waals surface area contributed by atoms with Gasteiger partial charge in [-0.05, 0) is 0 Å². The van der Waals surface area contributed by atoms with E-state index in [4.69, 9.17) is 0 Å². The largest absolute Gasteiger partial charge is 0.235 e. The Labute approximate surface area is 54.1 Å². The van der Waals surface area contributed by atoms with Crippen LogP contribution in [0.1, 0.15) is 0 Å². The van der Waals surface area contributed by atoms with E-state index >= 15 is 0 Å². The minimum absolute atomic E-state index is 0. The topological polar surface area (TPSA) is 0 Å². The molecule has 0 saturated heterocycles. The molecule has 0 N–H and O–H groups in total. The Morgan fingerprint density at radius 2 is 1.00 bits per heavy atom. The molecule has 0 aliphatic rings. The first kappa shape index (κ1) is 9.60. The summed E-state index contributed by atoms with van der Waals surface area (Å²) < 4.78 is 29.6. The van der Waals surface area contributed by atoms with Gasteiger partial charge < -0.3 is 0 Å². The van der Waals surface area contributed by atoms with Gasteiger partial charge in [0, 0.05) is 0 Å². The first-order valence-electron chi connectivity index (χ1n) is 0.507. The zero-order valence-electron chi connectivity index (χ0n) is 2.03. The van der Waals surface area contributed by atoms with Gasteiger partial charge in [0.25, 0.3) is 0 Å². The Morgan fingerprint density at radius 3 is 1.00 bits per heavy atom. The van der Waals surface area contributed by atoms with Gasteiger partial charge in [-0.3, -0.25) is 0 Å². The van der Waals surface area contributed by atoms with Gasteiger partial charge in [-0.15, -0.1) is 0 Å². The summed E-state index contributed by atoms with van der Waals surface area (Å²) in [6.07, 6.45) is 0. The van der Waals surface area contributed by atoms with E-state index in [1.807, 2.05) is 0 Å². The quantitative estimate of drug-likeness (QED) is 0.339. The van der Waals surface area contributed by atoms with E-state index in [-0.39, 0.29) is 24.0 Å². The molecule has 0 aromatic rings. The van der Waals surface area contributed by atoms with Gasteiger partial charge in [0.1, 0.15) is 0 Å². The Balaban J connectivity index is 0. The summed E-state index contributed by atoms with van der Waals surface area (Å²) in [6.45, 7) is 0. The fourth-order valence-corrected chi connectivity index (χ4v) is 0. The zero-order valence-corrected chi connectivity index (χ0v) is 7.13. The second kappa shape index (κ2) is 5.34. The standard InChI is InChI=1S/3FH.H2I.Sb/h3*1H;1H2;/q;;;+1;+3/p-3. The molecule has 5 heteroatoms. The normalized spacial score (nSPS) is 7.20. The van der Waals surface area contributed by atoms with Gasteiger partial charge >= 0.3 is 30.4 Å². The van der Waals surface area contributed by atoms with Crippen LogP contribution in [0.3, 0.4) is 0 Å². The van der Waals surface area contributed by atoms with Crippen molar-refractivity contribution in [2.75, 3.05) is 0 Å². The van der Waals surface area contributed by atoms with Crippen LogP contribution in [0.5, 0.6) is 0 Å². The van der Waals surface area contributed by atoms with Crippen LogP contribution in [-0.4, -0.2) is 22.0 Å². The van der Waals surface area contributed by atoms with Crippen molar-refractivity contribution in [3.8, 4) is 0 Å². The summed E-state index contributed by atoms with van der Waals surface area (Å²) >= 11 is -4.95. The number of hydrogen-bond donors (Lipinski definition) is 0. The molecule has 5 heavy (non-hydrogen) atoms. The molecule has 0 fully saturated rings. The van der Waals surface area contributed by atoms with Crippen molar-refractivity contribution in [2.45, 2.75) is 0 Å². The van der Waals surface area contributed by atoms with Crippen LogP contribution in [0.4, 0.5) is 8.44 Å². The van der Waals surface area contributed by atoms with Crippen molar-refractivity contribution >= 4 is 22.0 Å². The monoisotopic (exact) mass is 307 g/mol. The third-order valence-electron chi connectivity index (χ3n) is 0. The summed E-state index contributed by atoms with van der Waals surface area (Å²) in [5.74, 6) is 0. The molecule has 34 valence electrons. The third-order valence-corrected chi connectivity index (χ3v) is 0. The maximum atomic E-state index is 9.85. The van der Waals surface area contributed by atoms with E-state index in [1.54, 1.807) is 0 Å². The predicted molar refractivity (Wildman–Crippen MR) is 11.9 cm³/mol. The number of halogens is 4. The Morgan fingerprint density at radius 1 is 1.00 bits per heavy atom. The van der Waals surface area contributed by atoms with Crippen LogP contribution in [0, 0.1) is 0 Å². The number of hydrogen-bond acceptors (Lipinski definition) is 0. The molecule has 0 aliphatic carbocycles.